The van der Waals surface area contributed by atoms with Crippen molar-refractivity contribution in [3.8, 4) is 11.5 Å². The molecule has 2 aliphatic rings. The zero-order valence-electron chi connectivity index (χ0n) is 44.1. The molecule has 70 heavy (non-hydrogen) atoms. The number of aliphatic hydroxyl groups is 1. The molecule has 0 bridgehead atoms. The van der Waals surface area contributed by atoms with Gasteiger partial charge in [0, 0.05) is 43.4 Å². The fourth-order valence-electron chi connectivity index (χ4n) is 7.76. The summed E-state index contributed by atoms with van der Waals surface area (Å²) in [6.07, 6.45) is 6.20. The van der Waals surface area contributed by atoms with Crippen LogP contribution in [0, 0.1) is 13.8 Å². The molecule has 0 atom stereocenters. The van der Waals surface area contributed by atoms with Crippen molar-refractivity contribution in [2.24, 2.45) is 5.73 Å². The summed E-state index contributed by atoms with van der Waals surface area (Å²) in [7, 11) is -7.30. The van der Waals surface area contributed by atoms with Crippen LogP contribution in [0.1, 0.15) is 121 Å². The molecular formula is C50H82N2O15P2Si. The molecule has 2 aromatic carbocycles. The lowest BCUT2D eigenvalue weighted by molar-refractivity contribution is 0.0523. The van der Waals surface area contributed by atoms with Crippen molar-refractivity contribution in [3.63, 3.8) is 0 Å². The minimum atomic E-state index is -3.22. The standard InChI is InChI=1S/C23H34NO8P.C21H32O4Si.C6H16NO3P/c1-6-17-16(5)19-14-29-22(26)20(19)21(25)18(17)10-9-15(4)13-30-23(27)24-11-12-33(28,31-7-2)32-8-3;1-7-16-15(3)18-13-25-21(23)19(18)20(24-10-11-26(4,5)6)17(16)9-8-14(2)12-22;1-3-9-11(8,6-5-7)10-4-2/h9,25H,6-8,10-14H2,1-5H3,(H,24,27);8,22H,7,9-13H2,1-6H3;3-7H2,1-2H3/b15-9+;14-8+;. The minimum absolute atomic E-state index is 0.0364. The Balaban J connectivity index is 0.000000403. The maximum Gasteiger partial charge on any atom is 0.407 e. The van der Waals surface area contributed by atoms with Crippen LogP contribution in [0.5, 0.6) is 11.5 Å². The molecule has 0 spiro atoms. The molecule has 1 amide bonds. The Morgan fingerprint density at radius 3 is 1.70 bits per heavy atom. The van der Waals surface area contributed by atoms with Gasteiger partial charge in [-0.2, -0.15) is 0 Å². The largest absolute Gasteiger partial charge is 0.507 e. The number of rotatable bonds is 26. The molecule has 17 nitrogen and oxygen atoms in total. The Hall–Kier alpha value is -3.83. The molecule has 2 heterocycles. The summed E-state index contributed by atoms with van der Waals surface area (Å²) in [5.74, 6) is -0.123. The molecule has 0 fully saturated rings. The highest BCUT2D eigenvalue weighted by Crippen LogP contribution is 2.48. The van der Waals surface area contributed by atoms with E-state index in [9.17, 15) is 33.7 Å². The van der Waals surface area contributed by atoms with E-state index >= 15 is 0 Å². The van der Waals surface area contributed by atoms with Crippen LogP contribution in [0.2, 0.25) is 25.7 Å². The highest BCUT2D eigenvalue weighted by Gasteiger charge is 2.33. The molecule has 2 aliphatic heterocycles. The Bertz CT molecular complexity index is 2210. The number of nitrogens with two attached hydrogens (primary N) is 1. The second-order valence-corrected chi connectivity index (χ2v) is 27.9. The van der Waals surface area contributed by atoms with Crippen molar-refractivity contribution in [1.82, 2.24) is 5.32 Å². The first kappa shape index (κ1) is 62.3. The van der Waals surface area contributed by atoms with E-state index in [0.717, 1.165) is 57.0 Å². The predicted octanol–water partition coefficient (Wildman–Crippen LogP) is 10.1. The molecule has 4 rings (SSSR count). The van der Waals surface area contributed by atoms with Gasteiger partial charge in [0.1, 0.15) is 42.4 Å². The third kappa shape index (κ3) is 18.7. The van der Waals surface area contributed by atoms with Crippen molar-refractivity contribution in [2.45, 2.75) is 134 Å². The number of alkyl carbamates (subject to hydrolysis) is 1. The van der Waals surface area contributed by atoms with Crippen LogP contribution in [0.25, 0.3) is 0 Å². The number of benzene rings is 2. The smallest absolute Gasteiger partial charge is 0.407 e. The predicted molar refractivity (Wildman–Crippen MR) is 277 cm³/mol. The molecular weight excluding hydrogens is 959 g/mol. The third-order valence-corrected chi connectivity index (χ3v) is 17.3. The van der Waals surface area contributed by atoms with Gasteiger partial charge in [-0.3, -0.25) is 9.13 Å². The summed E-state index contributed by atoms with van der Waals surface area (Å²) >= 11 is 0. The fraction of sp³-hybridized carbons (Fsp3) is 0.620. The van der Waals surface area contributed by atoms with E-state index in [1.54, 1.807) is 27.7 Å². The van der Waals surface area contributed by atoms with Gasteiger partial charge in [-0.15, -0.1) is 0 Å². The Morgan fingerprint density at radius 1 is 0.743 bits per heavy atom. The first-order chi connectivity index (χ1) is 33.0. The van der Waals surface area contributed by atoms with E-state index in [2.05, 4.69) is 38.8 Å². The number of aliphatic hydroxyl groups excluding tert-OH is 1. The zero-order valence-corrected chi connectivity index (χ0v) is 46.8. The zero-order chi connectivity index (χ0) is 52.8. The van der Waals surface area contributed by atoms with Crippen molar-refractivity contribution in [2.75, 3.05) is 71.7 Å². The Morgan fingerprint density at radius 2 is 1.21 bits per heavy atom. The summed E-state index contributed by atoms with van der Waals surface area (Å²) in [4.78, 5) is 36.4. The number of nitrogens with one attached hydrogen (secondary N) is 1. The van der Waals surface area contributed by atoms with Crippen molar-refractivity contribution in [1.29, 1.82) is 0 Å². The number of phenolic OH excluding ortho intramolecular Hbond substituents is 1. The first-order valence-electron chi connectivity index (χ1n) is 24.3. The van der Waals surface area contributed by atoms with Crippen LogP contribution in [0.15, 0.2) is 23.3 Å². The number of amides is 1. The maximum absolute atomic E-state index is 12.4. The molecule has 0 saturated carbocycles. The first-order valence-corrected chi connectivity index (χ1v) is 31.5. The SMILES string of the molecule is CCOP(=O)(CCN)OCC.CCOP(=O)(CCNC(=O)OC/C(C)=C/Cc1c(O)c2c(c(C)c1CC)COC2=O)OCC.CCc1c(C)c2c(c(OCC[Si](C)(C)C)c1C/C=C(\C)CO)C(=O)OC2. The number of aromatic hydroxyl groups is 1. The van der Waals surface area contributed by atoms with Gasteiger partial charge in [0.2, 0.25) is 0 Å². The topological polar surface area (TPSA) is 238 Å². The lowest BCUT2D eigenvalue weighted by Crippen LogP contribution is -2.28. The number of cyclic esters (lactones) is 2. The lowest BCUT2D eigenvalue weighted by Gasteiger charge is -2.22. The Labute approximate surface area is 417 Å². The quantitative estimate of drug-likeness (QED) is 0.0225. The molecule has 0 aliphatic carbocycles. The number of ether oxygens (including phenoxy) is 4. The highest BCUT2D eigenvalue weighted by molar-refractivity contribution is 7.54. The molecule has 20 heteroatoms. The van der Waals surface area contributed by atoms with E-state index in [-0.39, 0.29) is 63.0 Å². The van der Waals surface area contributed by atoms with Gasteiger partial charge in [0.25, 0.3) is 0 Å². The summed E-state index contributed by atoms with van der Waals surface area (Å²) < 4.78 is 66.0. The van der Waals surface area contributed by atoms with Crippen LogP contribution in [-0.4, -0.2) is 108 Å². The monoisotopic (exact) mass is 1040 g/mol. The molecule has 0 aromatic heterocycles. The number of phenols is 1. The van der Waals surface area contributed by atoms with Gasteiger partial charge in [-0.1, -0.05) is 51.2 Å². The van der Waals surface area contributed by atoms with Gasteiger partial charge >= 0.3 is 33.2 Å². The maximum atomic E-state index is 12.4. The summed E-state index contributed by atoms with van der Waals surface area (Å²) in [5.41, 5.74) is 15.6. The molecule has 0 saturated heterocycles. The average Bonchev–Trinajstić information content (AvgIpc) is 3.89. The van der Waals surface area contributed by atoms with Gasteiger partial charge in [-0.25, -0.2) is 14.4 Å². The Kier molecular flexibility index (Phi) is 26.9. The van der Waals surface area contributed by atoms with E-state index in [4.69, 9.17) is 42.8 Å². The molecule has 0 radical (unpaired) electrons. The number of allylic oxidation sites excluding steroid dienone is 2. The van der Waals surface area contributed by atoms with E-state index in [1.165, 1.54) is 5.56 Å². The number of hydrogen-bond donors (Lipinski definition) is 4. The van der Waals surface area contributed by atoms with Gasteiger partial charge in [0.15, 0.2) is 0 Å². The second kappa shape index (κ2) is 30.3. The fourth-order valence-corrected chi connectivity index (χ4v) is 11.4. The molecule has 5 N–H and O–H groups in total. The van der Waals surface area contributed by atoms with E-state index in [1.807, 2.05) is 39.8 Å². The van der Waals surface area contributed by atoms with Crippen LogP contribution in [0.4, 0.5) is 4.79 Å². The highest BCUT2D eigenvalue weighted by atomic mass is 31.2. The number of esters is 2. The summed E-state index contributed by atoms with van der Waals surface area (Å²) in [6, 6.07) is 1.04. The van der Waals surface area contributed by atoms with Crippen molar-refractivity contribution < 1.29 is 70.8 Å². The van der Waals surface area contributed by atoms with E-state index < -0.39 is 35.3 Å². The van der Waals surface area contributed by atoms with E-state index in [0.29, 0.717) is 75.3 Å². The number of fused-ring (bicyclic) bond motifs is 2. The second-order valence-electron chi connectivity index (χ2n) is 17.9. The minimum Gasteiger partial charge on any atom is -0.507 e. The molecule has 2 aromatic rings. The van der Waals surface area contributed by atoms with Crippen LogP contribution in [0.3, 0.4) is 0 Å². The molecule has 0 unspecified atom stereocenters. The summed E-state index contributed by atoms with van der Waals surface area (Å²) in [6.45, 7) is 28.8. The van der Waals surface area contributed by atoms with Gasteiger partial charge in [-0.05, 0) is 115 Å². The van der Waals surface area contributed by atoms with Gasteiger partial charge < -0.3 is 58.3 Å². The van der Waals surface area contributed by atoms with Crippen LogP contribution in [-0.2, 0) is 80.3 Å². The average molecular weight is 1040 g/mol. The normalized spacial score (nSPS) is 13.6. The number of carbonyl (C=O) groups excluding carboxylic acids is 3. The van der Waals surface area contributed by atoms with Crippen molar-refractivity contribution in [3.05, 3.63) is 78.9 Å². The number of hydrogen-bond acceptors (Lipinski definition) is 16. The summed E-state index contributed by atoms with van der Waals surface area (Å²) in [5, 5.41) is 22.6. The lowest BCUT2D eigenvalue weighted by atomic mass is 9.89. The molecule has 396 valence electrons. The number of carbonyl (C=O) groups is 3. The van der Waals surface area contributed by atoms with Crippen LogP contribution < -0.4 is 15.8 Å². The van der Waals surface area contributed by atoms with Crippen LogP contribution >= 0.6 is 15.2 Å². The van der Waals surface area contributed by atoms with Gasteiger partial charge in [0.05, 0.1) is 52.0 Å². The third-order valence-electron chi connectivity index (χ3n) is 11.4. The van der Waals surface area contributed by atoms with Crippen molar-refractivity contribution >= 4 is 41.3 Å².